The molecule has 0 aliphatic carbocycles. The van der Waals surface area contributed by atoms with E-state index in [2.05, 4.69) is 48.0 Å². The third kappa shape index (κ3) is 5.28. The van der Waals surface area contributed by atoms with Gasteiger partial charge < -0.3 is 19.6 Å². The summed E-state index contributed by atoms with van der Waals surface area (Å²) in [6, 6.07) is 12.4. The number of hydrogen-bond acceptors (Lipinski definition) is 5. The van der Waals surface area contributed by atoms with Crippen molar-refractivity contribution in [2.24, 2.45) is 0 Å². The van der Waals surface area contributed by atoms with E-state index in [1.165, 1.54) is 22.6 Å². The van der Waals surface area contributed by atoms with Gasteiger partial charge in [0.1, 0.15) is 0 Å². The Balaban J connectivity index is 1.27. The molecule has 2 aliphatic heterocycles. The number of thiophene rings is 1. The lowest BCUT2D eigenvalue weighted by Crippen LogP contribution is -2.48. The highest BCUT2D eigenvalue weighted by Crippen LogP contribution is 2.24. The minimum Gasteiger partial charge on any atom is -0.368 e. The maximum Gasteiger partial charge on any atom is 0.264 e. The molecule has 0 radical (unpaired) electrons. The number of anilines is 1. The zero-order valence-electron chi connectivity index (χ0n) is 18.5. The standard InChI is InChI=1S/C24H32N4O2S/c1-19-5-3-4-6-21(19)26-15-17-28(18-16-26)24(30)22-9-7-20(31-22)8-10-23(29)27-13-11-25(2)12-14-27/h3-7,9H,8,10-18H2,1-2H3. The number of rotatable bonds is 5. The molecule has 1 aromatic carbocycles. The Hall–Kier alpha value is -2.38. The second-order valence-electron chi connectivity index (χ2n) is 8.52. The van der Waals surface area contributed by atoms with Crippen LogP contribution in [0.3, 0.4) is 0 Å². The maximum absolute atomic E-state index is 13.0. The molecule has 0 unspecified atom stereocenters. The van der Waals surface area contributed by atoms with Crippen LogP contribution in [0.25, 0.3) is 0 Å². The fourth-order valence-electron chi connectivity index (χ4n) is 4.30. The van der Waals surface area contributed by atoms with E-state index in [0.717, 1.165) is 62.1 Å². The lowest BCUT2D eigenvalue weighted by Gasteiger charge is -2.36. The SMILES string of the molecule is Cc1ccccc1N1CCN(C(=O)c2ccc(CCC(=O)N3CCN(C)CC3)s2)CC1. The van der Waals surface area contributed by atoms with Crippen molar-refractivity contribution in [3.63, 3.8) is 0 Å². The van der Waals surface area contributed by atoms with Crippen LogP contribution >= 0.6 is 11.3 Å². The summed E-state index contributed by atoms with van der Waals surface area (Å²) in [5.74, 6) is 0.341. The molecule has 1 aromatic heterocycles. The first-order chi connectivity index (χ1) is 15.0. The van der Waals surface area contributed by atoms with Gasteiger partial charge in [-0.05, 0) is 44.2 Å². The number of benzene rings is 1. The van der Waals surface area contributed by atoms with Crippen LogP contribution in [0.2, 0.25) is 0 Å². The van der Waals surface area contributed by atoms with Crippen LogP contribution in [0.5, 0.6) is 0 Å². The molecule has 0 N–H and O–H groups in total. The number of hydrogen-bond donors (Lipinski definition) is 0. The largest absolute Gasteiger partial charge is 0.368 e. The molecule has 0 atom stereocenters. The van der Waals surface area contributed by atoms with Gasteiger partial charge in [-0.15, -0.1) is 11.3 Å². The number of aryl methyl sites for hydroxylation is 2. The third-order valence-corrected chi connectivity index (χ3v) is 7.47. The molecule has 2 amide bonds. The predicted molar refractivity (Wildman–Crippen MR) is 126 cm³/mol. The number of likely N-dealkylation sites (N-methyl/N-ethyl adjacent to an activating group) is 1. The molecule has 4 rings (SSSR count). The van der Waals surface area contributed by atoms with Crippen LogP contribution in [0.1, 0.15) is 26.5 Å². The molecule has 2 aliphatic rings. The van der Waals surface area contributed by atoms with Crippen LogP contribution < -0.4 is 4.90 Å². The van der Waals surface area contributed by atoms with Crippen LogP contribution in [0, 0.1) is 6.92 Å². The molecular weight excluding hydrogens is 408 g/mol. The Morgan fingerprint density at radius 1 is 0.871 bits per heavy atom. The fourth-order valence-corrected chi connectivity index (χ4v) is 5.27. The molecular formula is C24H32N4O2S. The van der Waals surface area contributed by atoms with Crippen molar-refractivity contribution in [2.45, 2.75) is 19.8 Å². The van der Waals surface area contributed by atoms with Gasteiger partial charge in [-0.25, -0.2) is 0 Å². The molecule has 2 saturated heterocycles. The Labute approximate surface area is 189 Å². The van der Waals surface area contributed by atoms with E-state index >= 15 is 0 Å². The van der Waals surface area contributed by atoms with E-state index in [0.29, 0.717) is 12.8 Å². The second-order valence-corrected chi connectivity index (χ2v) is 9.68. The van der Waals surface area contributed by atoms with Crippen molar-refractivity contribution in [3.8, 4) is 0 Å². The monoisotopic (exact) mass is 440 g/mol. The highest BCUT2D eigenvalue weighted by molar-refractivity contribution is 7.14. The Kier molecular flexibility index (Phi) is 6.92. The summed E-state index contributed by atoms with van der Waals surface area (Å²) in [5.41, 5.74) is 2.54. The number of carbonyl (C=O) groups excluding carboxylic acids is 2. The normalized spacial score (nSPS) is 17.8. The molecule has 31 heavy (non-hydrogen) atoms. The first-order valence-electron chi connectivity index (χ1n) is 11.2. The van der Waals surface area contributed by atoms with Crippen LogP contribution in [-0.2, 0) is 11.2 Å². The highest BCUT2D eigenvalue weighted by atomic mass is 32.1. The van der Waals surface area contributed by atoms with Crippen molar-refractivity contribution in [1.82, 2.24) is 14.7 Å². The first kappa shape index (κ1) is 21.8. The van der Waals surface area contributed by atoms with Crippen molar-refractivity contribution >= 4 is 28.8 Å². The molecule has 0 bridgehead atoms. The number of carbonyl (C=O) groups is 2. The number of nitrogens with zero attached hydrogens (tertiary/aromatic N) is 4. The van der Waals surface area contributed by atoms with Crippen molar-refractivity contribution in [2.75, 3.05) is 64.3 Å². The summed E-state index contributed by atoms with van der Waals surface area (Å²) >= 11 is 1.54. The summed E-state index contributed by atoms with van der Waals surface area (Å²) in [7, 11) is 2.09. The molecule has 0 saturated carbocycles. The molecule has 2 aromatic rings. The topological polar surface area (TPSA) is 47.1 Å². The summed E-state index contributed by atoms with van der Waals surface area (Å²) in [5, 5.41) is 0. The van der Waals surface area contributed by atoms with E-state index in [4.69, 9.17) is 0 Å². The number of para-hydroxylation sites is 1. The van der Waals surface area contributed by atoms with Crippen LogP contribution in [0.4, 0.5) is 5.69 Å². The lowest BCUT2D eigenvalue weighted by molar-refractivity contribution is -0.132. The first-order valence-corrected chi connectivity index (χ1v) is 12.0. The van der Waals surface area contributed by atoms with E-state index in [-0.39, 0.29) is 11.8 Å². The van der Waals surface area contributed by atoms with Crippen molar-refractivity contribution in [1.29, 1.82) is 0 Å². The molecule has 3 heterocycles. The second kappa shape index (κ2) is 9.83. The van der Waals surface area contributed by atoms with Gasteiger partial charge in [0.25, 0.3) is 5.91 Å². The fraction of sp³-hybridized carbons (Fsp3) is 0.500. The average Bonchev–Trinajstić information content (AvgIpc) is 3.27. The van der Waals surface area contributed by atoms with Crippen LogP contribution in [0.15, 0.2) is 36.4 Å². The average molecular weight is 441 g/mol. The minimum atomic E-state index is 0.117. The molecule has 6 nitrogen and oxygen atoms in total. The van der Waals surface area contributed by atoms with Crippen molar-refractivity contribution < 1.29 is 9.59 Å². The zero-order valence-corrected chi connectivity index (χ0v) is 19.4. The van der Waals surface area contributed by atoms with Gasteiger partial charge in [0.2, 0.25) is 5.91 Å². The maximum atomic E-state index is 13.0. The van der Waals surface area contributed by atoms with Gasteiger partial charge >= 0.3 is 0 Å². The third-order valence-electron chi connectivity index (χ3n) is 6.34. The summed E-state index contributed by atoms with van der Waals surface area (Å²) in [6.07, 6.45) is 1.23. The predicted octanol–water partition coefficient (Wildman–Crippen LogP) is 2.73. The zero-order chi connectivity index (χ0) is 21.8. The Morgan fingerprint density at radius 3 is 2.26 bits per heavy atom. The smallest absolute Gasteiger partial charge is 0.264 e. The lowest BCUT2D eigenvalue weighted by atomic mass is 10.1. The molecule has 166 valence electrons. The van der Waals surface area contributed by atoms with Gasteiger partial charge in [-0.2, -0.15) is 0 Å². The highest BCUT2D eigenvalue weighted by Gasteiger charge is 2.24. The van der Waals surface area contributed by atoms with Gasteiger partial charge in [-0.3, -0.25) is 9.59 Å². The quantitative estimate of drug-likeness (QED) is 0.717. The van der Waals surface area contributed by atoms with Gasteiger partial charge in [0.05, 0.1) is 4.88 Å². The van der Waals surface area contributed by atoms with E-state index in [1.807, 2.05) is 21.9 Å². The summed E-state index contributed by atoms with van der Waals surface area (Å²) in [6.45, 7) is 8.85. The number of piperazine rings is 2. The molecule has 0 spiro atoms. The Bertz CT molecular complexity index is 912. The molecule has 2 fully saturated rings. The number of amides is 2. The van der Waals surface area contributed by atoms with E-state index < -0.39 is 0 Å². The van der Waals surface area contributed by atoms with Gasteiger partial charge in [-0.1, -0.05) is 18.2 Å². The van der Waals surface area contributed by atoms with Crippen molar-refractivity contribution in [3.05, 3.63) is 51.7 Å². The summed E-state index contributed by atoms with van der Waals surface area (Å²) in [4.78, 5) is 35.9. The minimum absolute atomic E-state index is 0.117. The van der Waals surface area contributed by atoms with E-state index in [9.17, 15) is 9.59 Å². The van der Waals surface area contributed by atoms with Gasteiger partial charge in [0, 0.05) is 69.3 Å². The van der Waals surface area contributed by atoms with Gasteiger partial charge in [0.15, 0.2) is 0 Å². The Morgan fingerprint density at radius 2 is 1.55 bits per heavy atom. The molecule has 7 heteroatoms. The van der Waals surface area contributed by atoms with E-state index in [1.54, 1.807) is 0 Å². The summed E-state index contributed by atoms with van der Waals surface area (Å²) < 4.78 is 0. The van der Waals surface area contributed by atoms with Crippen LogP contribution in [-0.4, -0.2) is 85.9 Å².